The fourth-order valence-corrected chi connectivity index (χ4v) is 1.64. The molecule has 0 aliphatic rings. The van der Waals surface area contributed by atoms with E-state index in [2.05, 4.69) is 21.2 Å². The van der Waals surface area contributed by atoms with Crippen molar-refractivity contribution >= 4 is 34.1 Å². The Morgan fingerprint density at radius 3 is 2.75 bits per heavy atom. The topological polar surface area (TPSA) is 86.0 Å². The third-order valence-electron chi connectivity index (χ3n) is 2.55. The van der Waals surface area contributed by atoms with Crippen molar-refractivity contribution in [2.24, 2.45) is 0 Å². The number of aromatic nitrogens is 1. The number of carbonyl (C=O) groups excluding carboxylic acids is 1. The highest BCUT2D eigenvalue weighted by Gasteiger charge is 2.10. The number of hydrogen-bond donors (Lipinski definition) is 4. The van der Waals surface area contributed by atoms with E-state index < -0.39 is 17.2 Å². The number of H-pyrrole nitrogens is 1. The summed E-state index contributed by atoms with van der Waals surface area (Å²) in [5, 5.41) is 3.02. The predicted molar refractivity (Wildman–Crippen MR) is 76.8 cm³/mol. The molecule has 2 aromatic rings. The van der Waals surface area contributed by atoms with Crippen molar-refractivity contribution < 1.29 is 9.18 Å². The van der Waals surface area contributed by atoms with Gasteiger partial charge in [0.25, 0.3) is 5.91 Å². The largest absolute Gasteiger partial charge is 0.364 e. The normalized spacial score (nSPS) is 10.1. The number of pyridine rings is 1. The molecule has 0 aliphatic carbocycles. The minimum atomic E-state index is -0.564. The number of benzene rings is 1. The van der Waals surface area contributed by atoms with Gasteiger partial charge in [0.05, 0.1) is 5.52 Å². The zero-order valence-corrected chi connectivity index (χ0v) is 11.2. The first-order valence-electron chi connectivity index (χ1n) is 5.62. The van der Waals surface area contributed by atoms with Gasteiger partial charge in [-0.25, -0.2) is 4.39 Å². The van der Waals surface area contributed by atoms with Crippen molar-refractivity contribution in [2.75, 3.05) is 7.05 Å². The van der Waals surface area contributed by atoms with E-state index >= 15 is 0 Å². The standard InChI is InChI=1S/C12H11FN4O2S/c1-14-12(20)17-16-11(19)9-5-10(18)7-4-6(13)2-3-8(7)15-9/h2-5H,1H3,(H,15,18)(H,16,19)(H2,14,17,20). The zero-order valence-electron chi connectivity index (χ0n) is 10.4. The molecule has 0 aliphatic heterocycles. The van der Waals surface area contributed by atoms with Crippen LogP contribution >= 0.6 is 12.2 Å². The van der Waals surface area contributed by atoms with E-state index in [0.29, 0.717) is 5.52 Å². The van der Waals surface area contributed by atoms with Gasteiger partial charge in [0.15, 0.2) is 10.5 Å². The minimum Gasteiger partial charge on any atom is -0.364 e. The fraction of sp³-hybridized carbons (Fsp3) is 0.0833. The lowest BCUT2D eigenvalue weighted by Gasteiger charge is -2.09. The van der Waals surface area contributed by atoms with E-state index in [1.807, 2.05) is 0 Å². The van der Waals surface area contributed by atoms with Gasteiger partial charge in [-0.1, -0.05) is 0 Å². The Morgan fingerprint density at radius 2 is 2.05 bits per heavy atom. The van der Waals surface area contributed by atoms with E-state index in [0.717, 1.165) is 12.1 Å². The van der Waals surface area contributed by atoms with E-state index in [1.165, 1.54) is 12.1 Å². The highest BCUT2D eigenvalue weighted by Crippen LogP contribution is 2.10. The molecule has 0 fully saturated rings. The van der Waals surface area contributed by atoms with Crippen LogP contribution in [0.15, 0.2) is 29.1 Å². The van der Waals surface area contributed by atoms with E-state index in [9.17, 15) is 14.0 Å². The van der Waals surface area contributed by atoms with Crippen LogP contribution in [-0.4, -0.2) is 23.1 Å². The number of aromatic amines is 1. The third-order valence-corrected chi connectivity index (χ3v) is 2.86. The summed E-state index contributed by atoms with van der Waals surface area (Å²) in [4.78, 5) is 26.4. The second kappa shape index (κ2) is 5.66. The quantitative estimate of drug-likeness (QED) is 0.452. The van der Waals surface area contributed by atoms with Gasteiger partial charge < -0.3 is 10.3 Å². The van der Waals surface area contributed by atoms with Gasteiger partial charge in [-0.05, 0) is 30.4 Å². The number of amides is 1. The van der Waals surface area contributed by atoms with Gasteiger partial charge in [0.1, 0.15) is 11.5 Å². The Labute approximate surface area is 118 Å². The maximum Gasteiger partial charge on any atom is 0.286 e. The fourth-order valence-electron chi connectivity index (χ4n) is 1.59. The first kappa shape index (κ1) is 13.9. The van der Waals surface area contributed by atoms with Crippen LogP contribution in [0.2, 0.25) is 0 Å². The molecule has 4 N–H and O–H groups in total. The maximum atomic E-state index is 13.1. The van der Waals surface area contributed by atoms with Gasteiger partial charge in [0, 0.05) is 18.5 Å². The van der Waals surface area contributed by atoms with Gasteiger partial charge in [0.2, 0.25) is 0 Å². The van der Waals surface area contributed by atoms with Crippen LogP contribution in [0.1, 0.15) is 10.5 Å². The summed E-state index contributed by atoms with van der Waals surface area (Å²) in [7, 11) is 1.59. The van der Waals surface area contributed by atoms with Crippen molar-refractivity contribution in [1.82, 2.24) is 21.2 Å². The average Bonchev–Trinajstić information content (AvgIpc) is 2.44. The SMILES string of the molecule is CNC(=S)NNC(=O)c1cc(=O)c2cc(F)ccc2[nH]1. The molecule has 0 atom stereocenters. The van der Waals surface area contributed by atoms with Crippen molar-refractivity contribution in [3.8, 4) is 0 Å². The number of rotatable bonds is 1. The van der Waals surface area contributed by atoms with Crippen molar-refractivity contribution in [3.63, 3.8) is 0 Å². The van der Waals surface area contributed by atoms with Crippen LogP contribution in [0.25, 0.3) is 10.9 Å². The summed E-state index contributed by atoms with van der Waals surface area (Å²) >= 11 is 4.79. The van der Waals surface area contributed by atoms with Crippen LogP contribution in [0.4, 0.5) is 4.39 Å². The van der Waals surface area contributed by atoms with Crippen LogP contribution in [-0.2, 0) is 0 Å². The molecule has 1 aromatic heterocycles. The first-order valence-corrected chi connectivity index (χ1v) is 6.02. The smallest absolute Gasteiger partial charge is 0.286 e. The zero-order chi connectivity index (χ0) is 14.7. The highest BCUT2D eigenvalue weighted by molar-refractivity contribution is 7.80. The molecule has 20 heavy (non-hydrogen) atoms. The van der Waals surface area contributed by atoms with Crippen LogP contribution in [0, 0.1) is 5.82 Å². The minimum absolute atomic E-state index is 0.0421. The monoisotopic (exact) mass is 294 g/mol. The predicted octanol–water partition coefficient (Wildman–Crippen LogP) is 0.406. The summed E-state index contributed by atoms with van der Waals surface area (Å²) in [6, 6.07) is 4.81. The van der Waals surface area contributed by atoms with E-state index in [4.69, 9.17) is 12.2 Å². The van der Waals surface area contributed by atoms with E-state index in [1.54, 1.807) is 7.05 Å². The van der Waals surface area contributed by atoms with Gasteiger partial charge >= 0.3 is 0 Å². The average molecular weight is 294 g/mol. The molecule has 0 spiro atoms. The van der Waals surface area contributed by atoms with Crippen LogP contribution in [0.3, 0.4) is 0 Å². The molecule has 1 heterocycles. The van der Waals surface area contributed by atoms with Crippen molar-refractivity contribution in [1.29, 1.82) is 0 Å². The molecule has 0 radical (unpaired) electrons. The maximum absolute atomic E-state index is 13.1. The Balaban J connectivity index is 2.32. The van der Waals surface area contributed by atoms with E-state index in [-0.39, 0.29) is 16.2 Å². The first-order chi connectivity index (χ1) is 9.51. The molecule has 0 bridgehead atoms. The molecular weight excluding hydrogens is 283 g/mol. The van der Waals surface area contributed by atoms with Gasteiger partial charge in [-0.2, -0.15) is 0 Å². The lowest BCUT2D eigenvalue weighted by atomic mass is 10.2. The number of thiocarbonyl (C=S) groups is 1. The molecule has 2 rings (SSSR count). The summed E-state index contributed by atoms with van der Waals surface area (Å²) in [6.07, 6.45) is 0. The molecule has 0 saturated heterocycles. The lowest BCUT2D eigenvalue weighted by Crippen LogP contribution is -2.46. The Hall–Kier alpha value is -2.48. The molecule has 1 aromatic carbocycles. The molecular formula is C12H11FN4O2S. The molecule has 0 unspecified atom stereocenters. The van der Waals surface area contributed by atoms with Crippen LogP contribution in [0.5, 0.6) is 0 Å². The number of carbonyl (C=O) groups is 1. The summed E-state index contributed by atoms with van der Waals surface area (Å²) in [6.45, 7) is 0. The number of fused-ring (bicyclic) bond motifs is 1. The molecule has 8 heteroatoms. The molecule has 104 valence electrons. The Kier molecular flexibility index (Phi) is 3.94. The molecule has 1 amide bonds. The Morgan fingerprint density at radius 1 is 1.30 bits per heavy atom. The highest BCUT2D eigenvalue weighted by atomic mass is 32.1. The Bertz CT molecular complexity index is 744. The number of hydrazine groups is 1. The lowest BCUT2D eigenvalue weighted by molar-refractivity contribution is 0.0939. The van der Waals surface area contributed by atoms with Crippen LogP contribution < -0.4 is 21.6 Å². The summed E-state index contributed by atoms with van der Waals surface area (Å²) in [5.41, 5.74) is 4.73. The number of halogens is 1. The number of nitrogens with one attached hydrogen (secondary N) is 4. The molecule has 0 saturated carbocycles. The van der Waals surface area contributed by atoms with Crippen molar-refractivity contribution in [3.05, 3.63) is 46.0 Å². The number of hydrogen-bond acceptors (Lipinski definition) is 3. The molecule has 6 nitrogen and oxygen atoms in total. The summed E-state index contributed by atoms with van der Waals surface area (Å²) < 4.78 is 13.1. The third kappa shape index (κ3) is 2.91. The van der Waals surface area contributed by atoms with Gasteiger partial charge in [-0.3, -0.25) is 20.4 Å². The van der Waals surface area contributed by atoms with Crippen molar-refractivity contribution in [2.45, 2.75) is 0 Å². The summed E-state index contributed by atoms with van der Waals surface area (Å²) in [5.74, 6) is -1.08. The second-order valence-electron chi connectivity index (χ2n) is 3.90. The van der Waals surface area contributed by atoms with Gasteiger partial charge in [-0.15, -0.1) is 0 Å². The second-order valence-corrected chi connectivity index (χ2v) is 4.30.